The maximum absolute atomic E-state index is 13.3. The molecule has 1 N–H and O–H groups in total. The minimum absolute atomic E-state index is 0.0123. The van der Waals surface area contributed by atoms with Crippen LogP contribution >= 0.6 is 0 Å². The van der Waals surface area contributed by atoms with Gasteiger partial charge in [0.2, 0.25) is 0 Å². The molecule has 0 radical (unpaired) electrons. The van der Waals surface area contributed by atoms with Crippen molar-refractivity contribution in [2.45, 2.75) is 0 Å². The molecule has 0 unspecified atom stereocenters. The summed E-state index contributed by atoms with van der Waals surface area (Å²) in [6, 6.07) is 1.85. The predicted octanol–water partition coefficient (Wildman–Crippen LogP) is 1.64. The molecule has 0 saturated carbocycles. The lowest BCUT2D eigenvalue weighted by molar-refractivity contribution is -0.146. The van der Waals surface area contributed by atoms with Crippen LogP contribution in [0.3, 0.4) is 0 Å². The third-order valence-electron chi connectivity index (χ3n) is 1.90. The van der Waals surface area contributed by atoms with Crippen molar-refractivity contribution in [3.05, 3.63) is 35.4 Å². The Bertz CT molecular complexity index is 471. The predicted molar refractivity (Wildman–Crippen MR) is 54.6 cm³/mol. The first kappa shape index (κ1) is 12.8. The number of methoxy groups -OCH3 is 1. The van der Waals surface area contributed by atoms with E-state index in [0.29, 0.717) is 6.08 Å². The second kappa shape index (κ2) is 5.20. The van der Waals surface area contributed by atoms with Crippen LogP contribution in [-0.2, 0) is 9.59 Å². The number of benzene rings is 1. The lowest BCUT2D eigenvalue weighted by atomic mass is 10.1. The van der Waals surface area contributed by atoms with Gasteiger partial charge in [0, 0.05) is 17.7 Å². The summed E-state index contributed by atoms with van der Waals surface area (Å²) in [4.78, 5) is 20.9. The molecule has 17 heavy (non-hydrogen) atoms. The maximum Gasteiger partial charge on any atom is 0.376 e. The minimum atomic E-state index is -1.70. The summed E-state index contributed by atoms with van der Waals surface area (Å²) in [5, 5.41) is 8.27. The van der Waals surface area contributed by atoms with E-state index in [1.165, 1.54) is 7.11 Å². The molecule has 0 bridgehead atoms. The summed E-state index contributed by atoms with van der Waals surface area (Å²) in [5.41, 5.74) is -0.500. The van der Waals surface area contributed by atoms with Crippen molar-refractivity contribution in [3.8, 4) is 5.75 Å². The van der Waals surface area contributed by atoms with Crippen LogP contribution in [0.25, 0.3) is 6.08 Å². The number of halogens is 2. The molecule has 0 aliphatic rings. The van der Waals surface area contributed by atoms with Gasteiger partial charge in [-0.05, 0) is 12.2 Å². The van der Waals surface area contributed by atoms with E-state index in [9.17, 15) is 18.4 Å². The average molecular weight is 242 g/mol. The number of carbonyl (C=O) groups excluding carboxylic acids is 1. The number of aliphatic carboxylic acids is 1. The third kappa shape index (κ3) is 3.10. The summed E-state index contributed by atoms with van der Waals surface area (Å²) in [5.74, 6) is -4.87. The molecule has 1 aromatic carbocycles. The van der Waals surface area contributed by atoms with Gasteiger partial charge in [-0.15, -0.1) is 0 Å². The number of carboxylic acid groups (broad SMARTS) is 1. The number of rotatable bonds is 4. The zero-order chi connectivity index (χ0) is 13.0. The molecule has 0 aliphatic carbocycles. The average Bonchev–Trinajstić information content (AvgIpc) is 2.27. The molecule has 6 heteroatoms. The fraction of sp³-hybridized carbons (Fsp3) is 0.0909. The molecule has 0 atom stereocenters. The monoisotopic (exact) mass is 242 g/mol. The highest BCUT2D eigenvalue weighted by atomic mass is 19.1. The molecule has 90 valence electrons. The second-order valence-corrected chi connectivity index (χ2v) is 3.01. The summed E-state index contributed by atoms with van der Waals surface area (Å²) in [6.07, 6.45) is 1.34. The Balaban J connectivity index is 3.07. The van der Waals surface area contributed by atoms with E-state index < -0.39 is 29.0 Å². The molecule has 0 heterocycles. The number of hydrogen-bond acceptors (Lipinski definition) is 3. The molecule has 0 aliphatic heterocycles. The van der Waals surface area contributed by atoms with Gasteiger partial charge in [-0.2, -0.15) is 0 Å². The van der Waals surface area contributed by atoms with Crippen molar-refractivity contribution >= 4 is 17.8 Å². The number of hydrogen-bond donors (Lipinski definition) is 1. The Morgan fingerprint density at radius 2 is 1.82 bits per heavy atom. The van der Waals surface area contributed by atoms with Gasteiger partial charge in [0.25, 0.3) is 5.78 Å². The largest absolute Gasteiger partial charge is 0.497 e. The van der Waals surface area contributed by atoms with E-state index in [-0.39, 0.29) is 5.75 Å². The second-order valence-electron chi connectivity index (χ2n) is 3.01. The Morgan fingerprint density at radius 1 is 1.29 bits per heavy atom. The first-order chi connectivity index (χ1) is 7.95. The molecule has 4 nitrogen and oxygen atoms in total. The topological polar surface area (TPSA) is 63.6 Å². The highest BCUT2D eigenvalue weighted by Crippen LogP contribution is 2.21. The summed E-state index contributed by atoms with van der Waals surface area (Å²) >= 11 is 0. The Labute approximate surface area is 95.1 Å². The van der Waals surface area contributed by atoms with Gasteiger partial charge < -0.3 is 9.84 Å². The van der Waals surface area contributed by atoms with E-state index in [1.807, 2.05) is 0 Å². The maximum atomic E-state index is 13.3. The van der Waals surface area contributed by atoms with Crippen LogP contribution in [0.2, 0.25) is 0 Å². The van der Waals surface area contributed by atoms with Crippen LogP contribution in [0, 0.1) is 11.6 Å². The first-order valence-corrected chi connectivity index (χ1v) is 4.44. The van der Waals surface area contributed by atoms with E-state index in [2.05, 4.69) is 4.74 Å². The van der Waals surface area contributed by atoms with E-state index in [4.69, 9.17) is 5.11 Å². The van der Waals surface area contributed by atoms with Crippen LogP contribution in [0.5, 0.6) is 5.75 Å². The van der Waals surface area contributed by atoms with Crippen molar-refractivity contribution in [1.82, 2.24) is 0 Å². The van der Waals surface area contributed by atoms with Crippen LogP contribution < -0.4 is 4.74 Å². The molecular weight excluding hydrogens is 234 g/mol. The van der Waals surface area contributed by atoms with Crippen molar-refractivity contribution in [1.29, 1.82) is 0 Å². The number of ether oxygens (including phenoxy) is 1. The Hall–Kier alpha value is -2.24. The molecule has 0 amide bonds. The lowest BCUT2D eigenvalue weighted by Crippen LogP contribution is -2.08. The van der Waals surface area contributed by atoms with Gasteiger partial charge in [0.05, 0.1) is 7.11 Å². The Morgan fingerprint density at radius 3 is 2.24 bits per heavy atom. The van der Waals surface area contributed by atoms with Crippen LogP contribution in [0.15, 0.2) is 18.2 Å². The number of carbonyl (C=O) groups is 2. The SMILES string of the molecule is COc1cc(F)c(C=CC(=O)C(=O)O)c(F)c1. The molecule has 0 fully saturated rings. The summed E-state index contributed by atoms with van der Waals surface area (Å²) < 4.78 is 31.3. The van der Waals surface area contributed by atoms with Crippen LogP contribution in [0.4, 0.5) is 8.78 Å². The van der Waals surface area contributed by atoms with Gasteiger partial charge in [0.1, 0.15) is 17.4 Å². The number of ketones is 1. The van der Waals surface area contributed by atoms with Crippen LogP contribution in [-0.4, -0.2) is 24.0 Å². The third-order valence-corrected chi connectivity index (χ3v) is 1.90. The fourth-order valence-electron chi connectivity index (χ4n) is 1.07. The van der Waals surface area contributed by atoms with Crippen molar-refractivity contribution in [2.75, 3.05) is 7.11 Å². The molecule has 1 aromatic rings. The molecule has 0 saturated heterocycles. The molecule has 0 spiro atoms. The highest BCUT2D eigenvalue weighted by Gasteiger charge is 2.11. The van der Waals surface area contributed by atoms with Crippen molar-refractivity contribution < 1.29 is 28.2 Å². The van der Waals surface area contributed by atoms with E-state index >= 15 is 0 Å². The van der Waals surface area contributed by atoms with Crippen molar-refractivity contribution in [3.63, 3.8) is 0 Å². The normalized spacial score (nSPS) is 10.5. The van der Waals surface area contributed by atoms with Gasteiger partial charge in [0.15, 0.2) is 0 Å². The van der Waals surface area contributed by atoms with E-state index in [0.717, 1.165) is 18.2 Å². The number of carboxylic acids is 1. The summed E-state index contributed by atoms with van der Waals surface area (Å²) in [7, 11) is 1.25. The van der Waals surface area contributed by atoms with Gasteiger partial charge >= 0.3 is 5.97 Å². The standard InChI is InChI=1S/C11H8F2O4/c1-17-6-4-8(12)7(9(13)5-6)2-3-10(14)11(15)16/h2-5H,1H3,(H,15,16). The van der Waals surface area contributed by atoms with Crippen molar-refractivity contribution in [2.24, 2.45) is 0 Å². The molecule has 0 aromatic heterocycles. The quantitative estimate of drug-likeness (QED) is 0.644. The lowest BCUT2D eigenvalue weighted by Gasteiger charge is -2.03. The van der Waals surface area contributed by atoms with Gasteiger partial charge in [-0.1, -0.05) is 0 Å². The van der Waals surface area contributed by atoms with Gasteiger partial charge in [-0.3, -0.25) is 4.79 Å². The zero-order valence-electron chi connectivity index (χ0n) is 8.74. The summed E-state index contributed by atoms with van der Waals surface area (Å²) in [6.45, 7) is 0. The molecule has 1 rings (SSSR count). The Kier molecular flexibility index (Phi) is 3.92. The highest BCUT2D eigenvalue weighted by molar-refractivity contribution is 6.38. The fourth-order valence-corrected chi connectivity index (χ4v) is 1.07. The minimum Gasteiger partial charge on any atom is -0.497 e. The molecular formula is C11H8F2O4. The zero-order valence-corrected chi connectivity index (χ0v) is 8.74. The van der Waals surface area contributed by atoms with Gasteiger partial charge in [-0.25, -0.2) is 13.6 Å². The first-order valence-electron chi connectivity index (χ1n) is 4.44. The van der Waals surface area contributed by atoms with Crippen LogP contribution in [0.1, 0.15) is 5.56 Å². The van der Waals surface area contributed by atoms with E-state index in [1.54, 1.807) is 0 Å². The smallest absolute Gasteiger partial charge is 0.376 e.